The first kappa shape index (κ1) is 34.8. The zero-order valence-corrected chi connectivity index (χ0v) is 24.8. The molecule has 0 spiro atoms. The third-order valence-corrected chi connectivity index (χ3v) is 5.95. The molecular weight excluding hydrogens is 562 g/mol. The second-order valence-corrected chi connectivity index (χ2v) is 9.42. The van der Waals surface area contributed by atoms with Crippen molar-refractivity contribution in [2.75, 3.05) is 26.4 Å². The minimum Gasteiger partial charge on any atom is -0.493 e. The SMILES string of the molecule is C=CC(=O)OCCOc1cc(OCCCCCCOC(=O)C(=C)C)ccc1C(=O)O.N#Cc1ccc(-c2ccccc2)cc1. The molecule has 3 aromatic carbocycles. The molecule has 0 saturated carbocycles. The number of esters is 2. The molecule has 0 fully saturated rings. The maximum absolute atomic E-state index is 11.3. The maximum atomic E-state index is 11.3. The molecule has 230 valence electrons. The normalized spacial score (nSPS) is 9.82. The molecular formula is C35H37NO8. The maximum Gasteiger partial charge on any atom is 0.339 e. The van der Waals surface area contributed by atoms with Crippen molar-refractivity contribution in [3.63, 3.8) is 0 Å². The number of ether oxygens (including phenoxy) is 4. The van der Waals surface area contributed by atoms with Gasteiger partial charge in [-0.2, -0.15) is 5.26 Å². The average molecular weight is 600 g/mol. The Labute approximate surface area is 258 Å². The predicted molar refractivity (Wildman–Crippen MR) is 166 cm³/mol. The van der Waals surface area contributed by atoms with Gasteiger partial charge in [0, 0.05) is 17.7 Å². The number of carbonyl (C=O) groups is 3. The summed E-state index contributed by atoms with van der Waals surface area (Å²) in [6.45, 7) is 9.20. The van der Waals surface area contributed by atoms with E-state index < -0.39 is 11.9 Å². The first-order valence-electron chi connectivity index (χ1n) is 14.1. The van der Waals surface area contributed by atoms with Gasteiger partial charge < -0.3 is 24.1 Å². The van der Waals surface area contributed by atoms with Gasteiger partial charge in [0.25, 0.3) is 0 Å². The first-order valence-corrected chi connectivity index (χ1v) is 14.1. The Bertz CT molecular complexity index is 1430. The highest BCUT2D eigenvalue weighted by atomic mass is 16.6. The molecule has 0 radical (unpaired) electrons. The number of nitriles is 1. The van der Waals surface area contributed by atoms with Crippen LogP contribution in [0, 0.1) is 11.3 Å². The molecule has 3 aromatic rings. The van der Waals surface area contributed by atoms with E-state index in [0.29, 0.717) is 30.1 Å². The van der Waals surface area contributed by atoms with Crippen molar-refractivity contribution in [3.05, 3.63) is 109 Å². The van der Waals surface area contributed by atoms with Crippen LogP contribution in [-0.4, -0.2) is 49.4 Å². The van der Waals surface area contributed by atoms with E-state index >= 15 is 0 Å². The topological polar surface area (TPSA) is 132 Å². The summed E-state index contributed by atoms with van der Waals surface area (Å²) >= 11 is 0. The van der Waals surface area contributed by atoms with Crippen molar-refractivity contribution in [1.29, 1.82) is 5.26 Å². The van der Waals surface area contributed by atoms with Crippen molar-refractivity contribution >= 4 is 17.9 Å². The molecule has 0 saturated heterocycles. The quantitative estimate of drug-likeness (QED) is 0.107. The molecule has 0 unspecified atom stereocenters. The van der Waals surface area contributed by atoms with Crippen LogP contribution in [0.25, 0.3) is 11.1 Å². The van der Waals surface area contributed by atoms with Gasteiger partial charge >= 0.3 is 17.9 Å². The van der Waals surface area contributed by atoms with Gasteiger partial charge in [-0.3, -0.25) is 0 Å². The van der Waals surface area contributed by atoms with Crippen LogP contribution in [0.5, 0.6) is 11.5 Å². The zero-order valence-electron chi connectivity index (χ0n) is 24.8. The van der Waals surface area contributed by atoms with Crippen LogP contribution in [0.3, 0.4) is 0 Å². The van der Waals surface area contributed by atoms with Crippen LogP contribution in [0.1, 0.15) is 48.5 Å². The molecule has 0 aromatic heterocycles. The Balaban J connectivity index is 0.000000396. The summed E-state index contributed by atoms with van der Waals surface area (Å²) in [5.41, 5.74) is 3.39. The summed E-state index contributed by atoms with van der Waals surface area (Å²) in [7, 11) is 0. The van der Waals surface area contributed by atoms with Crippen molar-refractivity contribution in [3.8, 4) is 28.7 Å². The monoisotopic (exact) mass is 599 g/mol. The molecule has 0 aliphatic carbocycles. The zero-order chi connectivity index (χ0) is 32.2. The van der Waals surface area contributed by atoms with Gasteiger partial charge in [-0.15, -0.1) is 0 Å². The summed E-state index contributed by atoms with van der Waals surface area (Å²) in [5, 5.41) is 17.9. The van der Waals surface area contributed by atoms with E-state index in [-0.39, 0.29) is 30.5 Å². The number of aromatic carboxylic acids is 1. The molecule has 0 amide bonds. The molecule has 0 heterocycles. The van der Waals surface area contributed by atoms with Gasteiger partial charge in [0.15, 0.2) is 0 Å². The van der Waals surface area contributed by atoms with Crippen molar-refractivity contribution < 1.29 is 38.4 Å². The van der Waals surface area contributed by atoms with E-state index in [1.165, 1.54) is 17.7 Å². The van der Waals surface area contributed by atoms with Crippen molar-refractivity contribution in [2.45, 2.75) is 32.6 Å². The van der Waals surface area contributed by atoms with Crippen LogP contribution in [0.4, 0.5) is 0 Å². The van der Waals surface area contributed by atoms with E-state index in [4.69, 9.17) is 24.2 Å². The lowest BCUT2D eigenvalue weighted by Gasteiger charge is -2.12. The number of carboxylic acids is 1. The van der Waals surface area contributed by atoms with Gasteiger partial charge in [0.05, 0.1) is 24.8 Å². The number of carbonyl (C=O) groups excluding carboxylic acids is 2. The number of hydrogen-bond acceptors (Lipinski definition) is 8. The molecule has 0 bridgehead atoms. The van der Waals surface area contributed by atoms with Crippen molar-refractivity contribution in [2.24, 2.45) is 0 Å². The van der Waals surface area contributed by atoms with E-state index in [1.54, 1.807) is 13.0 Å². The lowest BCUT2D eigenvalue weighted by atomic mass is 10.0. The number of nitrogens with zero attached hydrogens (tertiary/aromatic N) is 1. The summed E-state index contributed by atoms with van der Waals surface area (Å²) in [4.78, 5) is 33.6. The summed E-state index contributed by atoms with van der Waals surface area (Å²) in [6.07, 6.45) is 4.38. The average Bonchev–Trinajstić information content (AvgIpc) is 3.04. The van der Waals surface area contributed by atoms with E-state index in [2.05, 4.69) is 31.4 Å². The third kappa shape index (κ3) is 13.1. The summed E-state index contributed by atoms with van der Waals surface area (Å²) in [5.74, 6) is -1.47. The Morgan fingerprint density at radius 2 is 1.48 bits per heavy atom. The highest BCUT2D eigenvalue weighted by Crippen LogP contribution is 2.25. The van der Waals surface area contributed by atoms with E-state index in [9.17, 15) is 19.5 Å². The number of carboxylic acid groups (broad SMARTS) is 1. The molecule has 1 N–H and O–H groups in total. The number of benzene rings is 3. The number of rotatable bonds is 16. The number of unbranched alkanes of at least 4 members (excludes halogenated alkanes) is 3. The van der Waals surface area contributed by atoms with Crippen LogP contribution >= 0.6 is 0 Å². The van der Waals surface area contributed by atoms with Gasteiger partial charge in [-0.25, -0.2) is 14.4 Å². The first-order chi connectivity index (χ1) is 21.2. The molecule has 0 aliphatic rings. The highest BCUT2D eigenvalue weighted by molar-refractivity contribution is 5.91. The standard InChI is InChI=1S/C22H28O8.C13H9N/c1-4-20(23)29-14-13-28-19-15-17(9-10-18(19)21(24)25)27-11-7-5-6-8-12-30-22(26)16(2)3;14-10-11-6-8-13(9-7-11)12-4-2-1-3-5-12/h4,9-10,15H,1-2,5-8,11-14H2,3H3,(H,24,25);1-9H. The largest absolute Gasteiger partial charge is 0.493 e. The van der Waals surface area contributed by atoms with Gasteiger partial charge in [0.2, 0.25) is 0 Å². The van der Waals surface area contributed by atoms with Crippen LogP contribution in [0.2, 0.25) is 0 Å². The molecule has 3 rings (SSSR count). The fourth-order valence-electron chi connectivity index (χ4n) is 3.64. The molecule has 9 nitrogen and oxygen atoms in total. The molecule has 9 heteroatoms. The predicted octanol–water partition coefficient (Wildman–Crippen LogP) is 6.78. The van der Waals surface area contributed by atoms with E-state index in [0.717, 1.165) is 37.3 Å². The van der Waals surface area contributed by atoms with Gasteiger partial charge in [-0.05, 0) is 68.0 Å². The third-order valence-electron chi connectivity index (χ3n) is 5.95. The molecule has 0 atom stereocenters. The minimum absolute atomic E-state index is 0.000729. The van der Waals surface area contributed by atoms with Crippen LogP contribution < -0.4 is 9.47 Å². The van der Waals surface area contributed by atoms with Crippen molar-refractivity contribution in [1.82, 2.24) is 0 Å². The van der Waals surface area contributed by atoms with Gasteiger partial charge in [-0.1, -0.05) is 55.6 Å². The van der Waals surface area contributed by atoms with Crippen LogP contribution in [0.15, 0.2) is 97.6 Å². The number of hydrogen-bond donors (Lipinski definition) is 1. The Morgan fingerprint density at radius 1 is 0.818 bits per heavy atom. The highest BCUT2D eigenvalue weighted by Gasteiger charge is 2.13. The minimum atomic E-state index is -1.13. The summed E-state index contributed by atoms with van der Waals surface area (Å²) in [6, 6.07) is 24.3. The van der Waals surface area contributed by atoms with Crippen LogP contribution in [-0.2, 0) is 19.1 Å². The second-order valence-electron chi connectivity index (χ2n) is 9.42. The lowest BCUT2D eigenvalue weighted by molar-refractivity contribution is -0.139. The van der Waals surface area contributed by atoms with E-state index in [1.807, 2.05) is 42.5 Å². The fraction of sp³-hybridized carbons (Fsp3) is 0.257. The van der Waals surface area contributed by atoms with Gasteiger partial charge in [0.1, 0.15) is 30.3 Å². The lowest BCUT2D eigenvalue weighted by Crippen LogP contribution is -2.12. The molecule has 0 aliphatic heterocycles. The fourth-order valence-corrected chi connectivity index (χ4v) is 3.64. The Hall–Kier alpha value is -5.36. The summed E-state index contributed by atoms with van der Waals surface area (Å²) < 4.78 is 20.9. The smallest absolute Gasteiger partial charge is 0.339 e. The Morgan fingerprint density at radius 3 is 2.09 bits per heavy atom. The molecule has 44 heavy (non-hydrogen) atoms. The Kier molecular flexibility index (Phi) is 15.6. The second kappa shape index (κ2) is 19.7.